The van der Waals surface area contributed by atoms with Crippen LogP contribution in [0.1, 0.15) is 5.69 Å². The van der Waals surface area contributed by atoms with Crippen LogP contribution in [0.15, 0.2) is 23.4 Å². The number of likely N-dealkylation sites (N-methyl/N-ethyl adjacent to an activating group) is 1. The van der Waals surface area contributed by atoms with E-state index in [4.69, 9.17) is 0 Å². The summed E-state index contributed by atoms with van der Waals surface area (Å²) in [6.07, 6.45) is 3.24. The van der Waals surface area contributed by atoms with Crippen LogP contribution in [0.3, 0.4) is 0 Å². The lowest BCUT2D eigenvalue weighted by Crippen LogP contribution is -2.27. The Morgan fingerprint density at radius 2 is 2.15 bits per heavy atom. The van der Waals surface area contributed by atoms with Crippen molar-refractivity contribution >= 4 is 16.7 Å². The van der Waals surface area contributed by atoms with Crippen molar-refractivity contribution in [3.05, 3.63) is 34.6 Å². The molecular weight excluding hydrogens is 256 g/mol. The maximum Gasteiger partial charge on any atom is 0.261 e. The maximum absolute atomic E-state index is 12.6. The smallest absolute Gasteiger partial charge is 0.261 e. The molecule has 0 bridgehead atoms. The van der Waals surface area contributed by atoms with Crippen molar-refractivity contribution in [2.75, 3.05) is 20.6 Å². The van der Waals surface area contributed by atoms with E-state index in [0.29, 0.717) is 23.4 Å². The zero-order chi connectivity index (χ0) is 14.3. The third-order valence-corrected chi connectivity index (χ3v) is 3.32. The summed E-state index contributed by atoms with van der Waals surface area (Å²) in [4.78, 5) is 23.0. The van der Waals surface area contributed by atoms with Crippen molar-refractivity contribution in [2.45, 2.75) is 13.5 Å². The summed E-state index contributed by atoms with van der Waals surface area (Å²) < 4.78 is 3.31. The molecule has 3 heterocycles. The molecule has 0 aliphatic heterocycles. The first-order chi connectivity index (χ1) is 9.58. The van der Waals surface area contributed by atoms with Crippen molar-refractivity contribution in [3.8, 4) is 0 Å². The molecule has 0 aromatic carbocycles. The molecule has 7 nitrogen and oxygen atoms in total. The second-order valence-corrected chi connectivity index (χ2v) is 5.05. The summed E-state index contributed by atoms with van der Waals surface area (Å²) >= 11 is 0. The number of pyridine rings is 1. The van der Waals surface area contributed by atoms with Gasteiger partial charge in [0.05, 0.1) is 16.6 Å². The number of hydrogen-bond acceptors (Lipinski definition) is 5. The van der Waals surface area contributed by atoms with E-state index >= 15 is 0 Å². The second kappa shape index (κ2) is 4.68. The molecule has 0 aliphatic carbocycles. The fourth-order valence-electron chi connectivity index (χ4n) is 2.25. The highest BCUT2D eigenvalue weighted by Gasteiger charge is 2.12. The van der Waals surface area contributed by atoms with Crippen molar-refractivity contribution in [1.82, 2.24) is 29.0 Å². The minimum atomic E-state index is -0.0354. The average molecular weight is 272 g/mol. The highest BCUT2D eigenvalue weighted by molar-refractivity contribution is 5.81. The summed E-state index contributed by atoms with van der Waals surface area (Å²) in [6, 6.07) is 1.89. The summed E-state index contributed by atoms with van der Waals surface area (Å²) in [5.74, 6) is 0.514. The molecule has 3 aromatic rings. The third kappa shape index (κ3) is 1.96. The molecule has 0 saturated heterocycles. The first kappa shape index (κ1) is 12.7. The molecule has 20 heavy (non-hydrogen) atoms. The quantitative estimate of drug-likeness (QED) is 0.686. The molecule has 0 atom stereocenters. The minimum Gasteiger partial charge on any atom is -0.314 e. The molecule has 3 aromatic heterocycles. The van der Waals surface area contributed by atoms with E-state index in [1.165, 1.54) is 6.33 Å². The molecule has 0 N–H and O–H groups in total. The molecule has 104 valence electrons. The zero-order valence-corrected chi connectivity index (χ0v) is 11.7. The van der Waals surface area contributed by atoms with Gasteiger partial charge >= 0.3 is 0 Å². The van der Waals surface area contributed by atoms with Gasteiger partial charge in [0.1, 0.15) is 6.33 Å². The number of fused-ring (bicyclic) bond motifs is 3. The largest absolute Gasteiger partial charge is 0.314 e. The van der Waals surface area contributed by atoms with Crippen LogP contribution >= 0.6 is 0 Å². The van der Waals surface area contributed by atoms with Crippen LogP contribution in [-0.4, -0.2) is 49.7 Å². The number of aryl methyl sites for hydroxylation is 1. The van der Waals surface area contributed by atoms with Crippen LogP contribution in [0.5, 0.6) is 0 Å². The number of nitrogens with zero attached hydrogens (tertiary/aromatic N) is 6. The lowest BCUT2D eigenvalue weighted by Gasteiger charge is -2.12. The Labute approximate surface area is 115 Å². The van der Waals surface area contributed by atoms with Crippen molar-refractivity contribution in [2.24, 2.45) is 0 Å². The lowest BCUT2D eigenvalue weighted by atomic mass is 10.2. The Balaban J connectivity index is 2.24. The van der Waals surface area contributed by atoms with Crippen LogP contribution in [0.4, 0.5) is 0 Å². The van der Waals surface area contributed by atoms with Gasteiger partial charge < -0.3 is 9.47 Å². The monoisotopic (exact) mass is 272 g/mol. The summed E-state index contributed by atoms with van der Waals surface area (Å²) in [5.41, 5.74) is 1.40. The first-order valence-electron chi connectivity index (χ1n) is 6.42. The number of hydrogen-bond donors (Lipinski definition) is 0. The van der Waals surface area contributed by atoms with E-state index in [2.05, 4.69) is 15.1 Å². The molecule has 0 aliphatic rings. The lowest BCUT2D eigenvalue weighted by molar-refractivity contribution is 0.381. The van der Waals surface area contributed by atoms with E-state index in [1.54, 1.807) is 15.3 Å². The molecule has 0 unspecified atom stereocenters. The predicted molar refractivity (Wildman–Crippen MR) is 75.8 cm³/mol. The van der Waals surface area contributed by atoms with Crippen LogP contribution in [0, 0.1) is 6.92 Å². The van der Waals surface area contributed by atoms with Gasteiger partial charge in [0.25, 0.3) is 11.3 Å². The molecule has 0 saturated carbocycles. The molecule has 0 radical (unpaired) electrons. The number of aromatic nitrogens is 5. The topological polar surface area (TPSA) is 68.3 Å². The SMILES string of the molecule is Cc1nc2ncnn2c2ccn(CCN(C)C)c(=O)c12. The highest BCUT2D eigenvalue weighted by atomic mass is 16.1. The summed E-state index contributed by atoms with van der Waals surface area (Å²) in [7, 11) is 3.97. The Kier molecular flexibility index (Phi) is 2.98. The second-order valence-electron chi connectivity index (χ2n) is 5.05. The molecule has 3 rings (SSSR count). The van der Waals surface area contributed by atoms with Gasteiger partial charge in [-0.15, -0.1) is 0 Å². The van der Waals surface area contributed by atoms with Gasteiger partial charge in [0.2, 0.25) is 0 Å². The van der Waals surface area contributed by atoms with Gasteiger partial charge in [-0.2, -0.15) is 14.6 Å². The van der Waals surface area contributed by atoms with Gasteiger partial charge in [-0.25, -0.2) is 4.98 Å². The average Bonchev–Trinajstić information content (AvgIpc) is 2.85. The van der Waals surface area contributed by atoms with Gasteiger partial charge in [-0.3, -0.25) is 4.79 Å². The van der Waals surface area contributed by atoms with Gasteiger partial charge in [0, 0.05) is 19.3 Å². The van der Waals surface area contributed by atoms with Gasteiger partial charge in [-0.1, -0.05) is 0 Å². The van der Waals surface area contributed by atoms with Gasteiger partial charge in [0.15, 0.2) is 0 Å². The predicted octanol–water partition coefficient (Wildman–Crippen LogP) is 0.309. The molecule has 7 heteroatoms. The Morgan fingerprint density at radius 1 is 1.35 bits per heavy atom. The summed E-state index contributed by atoms with van der Waals surface area (Å²) in [6.45, 7) is 3.29. The first-order valence-corrected chi connectivity index (χ1v) is 6.42. The van der Waals surface area contributed by atoms with Crippen LogP contribution < -0.4 is 5.56 Å². The highest BCUT2D eigenvalue weighted by Crippen LogP contribution is 2.13. The Morgan fingerprint density at radius 3 is 2.90 bits per heavy atom. The zero-order valence-electron chi connectivity index (χ0n) is 11.7. The molecular formula is C13H16N6O. The van der Waals surface area contributed by atoms with E-state index in [9.17, 15) is 4.79 Å². The van der Waals surface area contributed by atoms with Crippen molar-refractivity contribution in [1.29, 1.82) is 0 Å². The van der Waals surface area contributed by atoms with E-state index in [-0.39, 0.29) is 5.56 Å². The fraction of sp³-hybridized carbons (Fsp3) is 0.385. The standard InChI is InChI=1S/C13H16N6O/c1-9-11-10(19-13(16-9)14-8-15-19)4-5-18(12(11)20)7-6-17(2)3/h4-5,8H,6-7H2,1-3H3. The van der Waals surface area contributed by atoms with E-state index < -0.39 is 0 Å². The molecule has 0 fully saturated rings. The van der Waals surface area contributed by atoms with Gasteiger partial charge in [-0.05, 0) is 27.1 Å². The normalized spacial score (nSPS) is 11.8. The Hall–Kier alpha value is -2.28. The van der Waals surface area contributed by atoms with Crippen molar-refractivity contribution in [3.63, 3.8) is 0 Å². The summed E-state index contributed by atoms with van der Waals surface area (Å²) in [5, 5.41) is 4.72. The van der Waals surface area contributed by atoms with Crippen molar-refractivity contribution < 1.29 is 0 Å². The van der Waals surface area contributed by atoms with E-state index in [1.807, 2.05) is 32.0 Å². The van der Waals surface area contributed by atoms with E-state index in [0.717, 1.165) is 12.1 Å². The molecule has 0 spiro atoms. The van der Waals surface area contributed by atoms with Crippen LogP contribution in [-0.2, 0) is 6.54 Å². The minimum absolute atomic E-state index is 0.0354. The van der Waals surface area contributed by atoms with Crippen LogP contribution in [0.2, 0.25) is 0 Å². The third-order valence-electron chi connectivity index (χ3n) is 3.32. The fourth-order valence-corrected chi connectivity index (χ4v) is 2.25. The van der Waals surface area contributed by atoms with Crippen LogP contribution in [0.25, 0.3) is 16.7 Å². The maximum atomic E-state index is 12.6. The Bertz CT molecular complexity index is 832. The molecule has 0 amide bonds. The number of rotatable bonds is 3.